The Labute approximate surface area is 180 Å². The Morgan fingerprint density at radius 2 is 1.87 bits per heavy atom. The highest BCUT2D eigenvalue weighted by Crippen LogP contribution is 2.39. The number of amides is 2. The fraction of sp³-hybridized carbons (Fsp3) is 0.667. The molecule has 2 amide bonds. The first-order chi connectivity index (χ1) is 15.0. The maximum atomic E-state index is 12.9. The summed E-state index contributed by atoms with van der Waals surface area (Å²) < 4.78 is 10.0. The van der Waals surface area contributed by atoms with Crippen molar-refractivity contribution in [2.75, 3.05) is 13.7 Å². The van der Waals surface area contributed by atoms with Crippen LogP contribution in [0.5, 0.6) is 0 Å². The monoisotopic (exact) mass is 435 g/mol. The molecule has 1 saturated heterocycles. The van der Waals surface area contributed by atoms with E-state index in [1.54, 1.807) is 11.0 Å². The van der Waals surface area contributed by atoms with E-state index in [4.69, 9.17) is 19.2 Å². The first-order valence-corrected chi connectivity index (χ1v) is 10.7. The summed E-state index contributed by atoms with van der Waals surface area (Å²) >= 11 is 0. The summed E-state index contributed by atoms with van der Waals surface area (Å²) in [7, 11) is 1.36. The SMILES string of the molecule is COC(=O)C1CCCN1C(=O)C1CCC(NC(=O)c2cc(C3CC3)no2)CC1.O=CO. The number of carboxylic acid groups (broad SMARTS) is 1. The quantitative estimate of drug-likeness (QED) is 0.526. The maximum Gasteiger partial charge on any atom is 0.328 e. The van der Waals surface area contributed by atoms with E-state index in [0.29, 0.717) is 31.7 Å². The summed E-state index contributed by atoms with van der Waals surface area (Å²) in [6, 6.07) is 1.32. The van der Waals surface area contributed by atoms with Crippen molar-refractivity contribution in [1.29, 1.82) is 0 Å². The molecule has 1 aliphatic heterocycles. The van der Waals surface area contributed by atoms with Crippen LogP contribution in [0, 0.1) is 5.92 Å². The average Bonchev–Trinajstić information content (AvgIpc) is 3.30. The van der Waals surface area contributed by atoms with Gasteiger partial charge in [-0.15, -0.1) is 0 Å². The second-order valence-electron chi connectivity index (χ2n) is 8.23. The van der Waals surface area contributed by atoms with Crippen LogP contribution in [0.15, 0.2) is 10.6 Å². The van der Waals surface area contributed by atoms with Gasteiger partial charge >= 0.3 is 5.97 Å². The molecule has 170 valence electrons. The number of ether oxygens (including phenoxy) is 1. The third-order valence-corrected chi connectivity index (χ3v) is 6.17. The van der Waals surface area contributed by atoms with Gasteiger partial charge in [0.1, 0.15) is 6.04 Å². The standard InChI is InChI=1S/C20H27N3O5.CH2O2/c1-27-20(26)16-3-2-10-23(16)19(25)13-6-8-14(9-7-13)21-18(24)17-11-15(22-28-17)12-4-5-12;2-1-3/h11-14,16H,2-10H2,1H3,(H,21,24);1H,(H,2,3). The molecule has 1 aromatic heterocycles. The van der Waals surface area contributed by atoms with Crippen LogP contribution < -0.4 is 5.32 Å². The van der Waals surface area contributed by atoms with Crippen LogP contribution in [0.1, 0.15) is 73.5 Å². The molecule has 31 heavy (non-hydrogen) atoms. The minimum absolute atomic E-state index is 0.0287. The Morgan fingerprint density at radius 3 is 2.48 bits per heavy atom. The van der Waals surface area contributed by atoms with E-state index in [9.17, 15) is 14.4 Å². The molecule has 3 aliphatic rings. The zero-order chi connectivity index (χ0) is 22.4. The van der Waals surface area contributed by atoms with E-state index < -0.39 is 6.04 Å². The van der Waals surface area contributed by atoms with E-state index in [-0.39, 0.29) is 42.0 Å². The van der Waals surface area contributed by atoms with Crippen LogP contribution in [-0.2, 0) is 19.1 Å². The number of esters is 1. The molecule has 4 rings (SSSR count). The summed E-state index contributed by atoms with van der Waals surface area (Å²) in [5.41, 5.74) is 0.866. The van der Waals surface area contributed by atoms with Crippen LogP contribution in [-0.4, -0.2) is 65.2 Å². The zero-order valence-corrected chi connectivity index (χ0v) is 17.6. The second kappa shape index (κ2) is 10.4. The number of carbonyl (C=O) groups is 4. The molecule has 2 saturated carbocycles. The van der Waals surface area contributed by atoms with Crippen molar-refractivity contribution >= 4 is 24.3 Å². The minimum atomic E-state index is -0.443. The van der Waals surface area contributed by atoms with Gasteiger partial charge in [0.25, 0.3) is 12.4 Å². The number of nitrogens with zero attached hydrogens (tertiary/aromatic N) is 2. The molecule has 1 aromatic rings. The highest BCUT2D eigenvalue weighted by atomic mass is 16.5. The Bertz CT molecular complexity index is 797. The molecular weight excluding hydrogens is 406 g/mol. The lowest BCUT2D eigenvalue weighted by Crippen LogP contribution is -2.46. The number of likely N-dealkylation sites (tertiary alicyclic amines) is 1. The molecule has 10 nitrogen and oxygen atoms in total. The molecule has 3 fully saturated rings. The topological polar surface area (TPSA) is 139 Å². The predicted molar refractivity (Wildman–Crippen MR) is 107 cm³/mol. The number of methoxy groups -OCH3 is 1. The number of hydrogen-bond donors (Lipinski definition) is 2. The molecule has 2 aliphatic carbocycles. The van der Waals surface area contributed by atoms with Gasteiger partial charge in [-0.2, -0.15) is 0 Å². The lowest BCUT2D eigenvalue weighted by Gasteiger charge is -2.32. The van der Waals surface area contributed by atoms with Gasteiger partial charge in [0.15, 0.2) is 0 Å². The Balaban J connectivity index is 0.000000858. The smallest absolute Gasteiger partial charge is 0.328 e. The van der Waals surface area contributed by atoms with E-state index in [1.165, 1.54) is 7.11 Å². The number of aromatic nitrogens is 1. The van der Waals surface area contributed by atoms with E-state index >= 15 is 0 Å². The highest BCUT2D eigenvalue weighted by Gasteiger charge is 2.39. The third-order valence-electron chi connectivity index (χ3n) is 6.17. The van der Waals surface area contributed by atoms with Crippen LogP contribution in [0.2, 0.25) is 0 Å². The summed E-state index contributed by atoms with van der Waals surface area (Å²) in [5, 5.41) is 13.9. The molecule has 0 bridgehead atoms. The van der Waals surface area contributed by atoms with E-state index in [2.05, 4.69) is 10.5 Å². The van der Waals surface area contributed by atoms with Gasteiger partial charge in [0.05, 0.1) is 12.8 Å². The van der Waals surface area contributed by atoms with Gasteiger partial charge in [-0.1, -0.05) is 5.16 Å². The molecule has 0 spiro atoms. The molecule has 1 atom stereocenters. The summed E-state index contributed by atoms with van der Waals surface area (Å²) in [5.74, 6) is 0.0975. The number of rotatable bonds is 5. The van der Waals surface area contributed by atoms with E-state index in [1.807, 2.05) is 0 Å². The molecule has 2 heterocycles. The Kier molecular flexibility index (Phi) is 7.64. The van der Waals surface area contributed by atoms with Gasteiger partial charge in [-0.25, -0.2) is 4.79 Å². The third kappa shape index (κ3) is 5.62. The van der Waals surface area contributed by atoms with Crippen molar-refractivity contribution in [3.05, 3.63) is 17.5 Å². The molecule has 2 N–H and O–H groups in total. The fourth-order valence-electron chi connectivity index (χ4n) is 4.35. The van der Waals surface area contributed by atoms with Crippen molar-refractivity contribution < 1.29 is 33.5 Å². The Hall–Kier alpha value is -2.91. The summed E-state index contributed by atoms with van der Waals surface area (Å²) in [4.78, 5) is 47.2. The first-order valence-electron chi connectivity index (χ1n) is 10.7. The zero-order valence-electron chi connectivity index (χ0n) is 17.6. The van der Waals surface area contributed by atoms with Crippen LogP contribution in [0.4, 0.5) is 0 Å². The summed E-state index contributed by atoms with van der Waals surface area (Å²) in [6.07, 6.45) is 6.61. The van der Waals surface area contributed by atoms with Gasteiger partial charge in [-0.3, -0.25) is 14.4 Å². The fourth-order valence-corrected chi connectivity index (χ4v) is 4.35. The van der Waals surface area contributed by atoms with Crippen molar-refractivity contribution in [3.8, 4) is 0 Å². The van der Waals surface area contributed by atoms with Crippen LogP contribution in [0.25, 0.3) is 0 Å². The van der Waals surface area contributed by atoms with Crippen molar-refractivity contribution in [3.63, 3.8) is 0 Å². The van der Waals surface area contributed by atoms with Crippen molar-refractivity contribution in [2.24, 2.45) is 5.92 Å². The average molecular weight is 435 g/mol. The van der Waals surface area contributed by atoms with Crippen LogP contribution >= 0.6 is 0 Å². The second-order valence-corrected chi connectivity index (χ2v) is 8.23. The highest BCUT2D eigenvalue weighted by molar-refractivity contribution is 5.91. The first kappa shape index (κ1) is 22.8. The predicted octanol–water partition coefficient (Wildman–Crippen LogP) is 1.71. The van der Waals surface area contributed by atoms with Gasteiger partial charge in [0, 0.05) is 30.5 Å². The normalized spacial score (nSPS) is 25.2. The molecule has 10 heteroatoms. The molecule has 0 aromatic carbocycles. The molecule has 0 radical (unpaired) electrons. The lowest BCUT2D eigenvalue weighted by molar-refractivity contribution is -0.152. The molecule has 1 unspecified atom stereocenters. The lowest BCUT2D eigenvalue weighted by atomic mass is 9.85. The Morgan fingerprint density at radius 1 is 1.19 bits per heavy atom. The van der Waals surface area contributed by atoms with Gasteiger partial charge in [0.2, 0.25) is 11.7 Å². The van der Waals surface area contributed by atoms with Crippen molar-refractivity contribution in [2.45, 2.75) is 69.4 Å². The summed E-state index contributed by atoms with van der Waals surface area (Å²) in [6.45, 7) is 0.365. The number of hydrogen-bond acceptors (Lipinski definition) is 7. The van der Waals surface area contributed by atoms with Crippen molar-refractivity contribution in [1.82, 2.24) is 15.4 Å². The largest absolute Gasteiger partial charge is 0.483 e. The number of carbonyl (C=O) groups excluding carboxylic acids is 3. The minimum Gasteiger partial charge on any atom is -0.483 e. The maximum absolute atomic E-state index is 12.9. The van der Waals surface area contributed by atoms with Gasteiger partial charge < -0.3 is 24.6 Å². The van der Waals surface area contributed by atoms with Gasteiger partial charge in [-0.05, 0) is 51.4 Å². The van der Waals surface area contributed by atoms with E-state index in [0.717, 1.165) is 37.8 Å². The number of nitrogens with one attached hydrogen (secondary N) is 1. The van der Waals surface area contributed by atoms with Crippen LogP contribution in [0.3, 0.4) is 0 Å². The molecular formula is C21H29N3O7.